The fraction of sp³-hybridized carbons (Fsp3) is 0.235. The predicted octanol–water partition coefficient (Wildman–Crippen LogP) is 0.152. The first-order valence-electron chi connectivity index (χ1n) is 7.89. The molecule has 0 saturated heterocycles. The van der Waals surface area contributed by atoms with Crippen molar-refractivity contribution in [1.29, 1.82) is 5.41 Å². The second kappa shape index (κ2) is 10.3. The zero-order valence-electron chi connectivity index (χ0n) is 15.3. The number of nitrogens with zero attached hydrogens (tertiary/aromatic N) is 1. The van der Waals surface area contributed by atoms with Crippen LogP contribution in [-0.4, -0.2) is 40.5 Å². The lowest BCUT2D eigenvalue weighted by atomic mass is 10.1. The molecule has 0 aliphatic rings. The van der Waals surface area contributed by atoms with E-state index in [1.807, 2.05) is 0 Å². The summed E-state index contributed by atoms with van der Waals surface area (Å²) in [4.78, 5) is 31.9. The zero-order valence-corrected chi connectivity index (χ0v) is 15.3. The SMILES string of the molecule is CC(=O)O.Cc1cc(C(=O)NCc2ccc(C(=N)N)cc2OCC(N)=O)no1. The van der Waals surface area contributed by atoms with Gasteiger partial charge >= 0.3 is 0 Å². The van der Waals surface area contributed by atoms with E-state index in [1.165, 1.54) is 12.1 Å². The largest absolute Gasteiger partial charge is 0.483 e. The van der Waals surface area contributed by atoms with E-state index in [-0.39, 0.29) is 24.7 Å². The Kier molecular flexibility index (Phi) is 8.15. The highest BCUT2D eigenvalue weighted by Crippen LogP contribution is 2.20. The second-order valence-electron chi connectivity index (χ2n) is 5.52. The van der Waals surface area contributed by atoms with E-state index in [1.54, 1.807) is 19.1 Å². The third-order valence-corrected chi connectivity index (χ3v) is 3.05. The molecular formula is C17H21N5O6. The molecule has 1 aromatic heterocycles. The summed E-state index contributed by atoms with van der Waals surface area (Å²) in [6, 6.07) is 6.27. The number of aryl methyl sites for hydroxylation is 1. The van der Waals surface area contributed by atoms with Gasteiger partial charge < -0.3 is 31.2 Å². The van der Waals surface area contributed by atoms with Crippen LogP contribution in [0.5, 0.6) is 5.75 Å². The summed E-state index contributed by atoms with van der Waals surface area (Å²) in [6.07, 6.45) is 0. The van der Waals surface area contributed by atoms with Gasteiger partial charge in [0.25, 0.3) is 17.8 Å². The smallest absolute Gasteiger partial charge is 0.300 e. The van der Waals surface area contributed by atoms with E-state index >= 15 is 0 Å². The number of rotatable bonds is 7. The van der Waals surface area contributed by atoms with Crippen LogP contribution < -0.4 is 21.5 Å². The topological polar surface area (TPSA) is 195 Å². The molecule has 0 bridgehead atoms. The number of nitrogen functional groups attached to an aromatic ring is 1. The number of aliphatic carboxylic acids is 1. The molecule has 7 N–H and O–H groups in total. The Morgan fingerprint density at radius 2 is 1.93 bits per heavy atom. The highest BCUT2D eigenvalue weighted by atomic mass is 16.5. The lowest BCUT2D eigenvalue weighted by molar-refractivity contribution is -0.134. The lowest BCUT2D eigenvalue weighted by Gasteiger charge is -2.12. The molecule has 0 spiro atoms. The van der Waals surface area contributed by atoms with Crippen LogP contribution in [0.15, 0.2) is 28.8 Å². The molecule has 11 heteroatoms. The van der Waals surface area contributed by atoms with Crippen molar-refractivity contribution >= 4 is 23.6 Å². The molecule has 2 amide bonds. The van der Waals surface area contributed by atoms with Crippen molar-refractivity contribution in [3.63, 3.8) is 0 Å². The molecule has 0 fully saturated rings. The average molecular weight is 391 g/mol. The zero-order chi connectivity index (χ0) is 21.3. The van der Waals surface area contributed by atoms with E-state index in [0.717, 1.165) is 6.92 Å². The number of hydrogen-bond acceptors (Lipinski definition) is 7. The van der Waals surface area contributed by atoms with Gasteiger partial charge in [0.2, 0.25) is 0 Å². The monoisotopic (exact) mass is 391 g/mol. The first-order chi connectivity index (χ1) is 13.1. The van der Waals surface area contributed by atoms with Gasteiger partial charge in [-0.3, -0.25) is 19.8 Å². The molecule has 0 radical (unpaired) electrons. The van der Waals surface area contributed by atoms with E-state index < -0.39 is 17.8 Å². The number of aromatic nitrogens is 1. The van der Waals surface area contributed by atoms with Gasteiger partial charge in [-0.05, 0) is 13.0 Å². The van der Waals surface area contributed by atoms with Crippen LogP contribution in [0.1, 0.15) is 34.3 Å². The van der Waals surface area contributed by atoms with Crippen LogP contribution in [0.4, 0.5) is 0 Å². The van der Waals surface area contributed by atoms with Crippen molar-refractivity contribution in [2.24, 2.45) is 11.5 Å². The molecule has 2 aromatic rings. The van der Waals surface area contributed by atoms with Crippen molar-refractivity contribution in [2.45, 2.75) is 20.4 Å². The summed E-state index contributed by atoms with van der Waals surface area (Å²) in [5, 5.41) is 21.1. The van der Waals surface area contributed by atoms with E-state index in [0.29, 0.717) is 22.6 Å². The van der Waals surface area contributed by atoms with Crippen molar-refractivity contribution in [3.8, 4) is 5.75 Å². The van der Waals surface area contributed by atoms with Gasteiger partial charge in [0, 0.05) is 30.7 Å². The van der Waals surface area contributed by atoms with Crippen molar-refractivity contribution in [2.75, 3.05) is 6.61 Å². The average Bonchev–Trinajstić information content (AvgIpc) is 3.04. The standard InChI is InChI=1S/C15H17N5O4.C2H4O2/c1-8-4-11(20-24-8)15(22)19-6-10-3-2-9(14(17)18)5-12(10)23-7-13(16)21;1-2(3)4/h2-5H,6-7H2,1H3,(H2,16,21)(H3,17,18)(H,19,22);1H3,(H,3,4). The highest BCUT2D eigenvalue weighted by molar-refractivity contribution is 5.95. The molecule has 28 heavy (non-hydrogen) atoms. The maximum absolute atomic E-state index is 12.0. The van der Waals surface area contributed by atoms with Gasteiger partial charge in [-0.15, -0.1) is 0 Å². The normalized spacial score (nSPS) is 9.64. The van der Waals surface area contributed by atoms with Gasteiger partial charge in [0.15, 0.2) is 12.3 Å². The summed E-state index contributed by atoms with van der Waals surface area (Å²) in [6.45, 7) is 2.56. The van der Waals surface area contributed by atoms with Gasteiger partial charge in [0.05, 0.1) is 0 Å². The predicted molar refractivity (Wildman–Crippen MR) is 97.9 cm³/mol. The number of primary amides is 1. The molecule has 150 valence electrons. The minimum absolute atomic E-state index is 0.122. The quantitative estimate of drug-likeness (QED) is 0.325. The third kappa shape index (κ3) is 7.56. The maximum atomic E-state index is 12.0. The molecule has 11 nitrogen and oxygen atoms in total. The first-order valence-corrected chi connectivity index (χ1v) is 7.89. The molecule has 0 aliphatic carbocycles. The van der Waals surface area contributed by atoms with E-state index in [4.69, 9.17) is 36.0 Å². The van der Waals surface area contributed by atoms with Gasteiger partial charge in [-0.25, -0.2) is 0 Å². The number of carbonyl (C=O) groups is 3. The number of carboxylic acid groups (broad SMARTS) is 1. The van der Waals surface area contributed by atoms with Crippen LogP contribution in [0, 0.1) is 12.3 Å². The van der Waals surface area contributed by atoms with Gasteiger partial charge in [-0.2, -0.15) is 0 Å². The van der Waals surface area contributed by atoms with Gasteiger partial charge in [-0.1, -0.05) is 17.3 Å². The Bertz CT molecular complexity index is 873. The summed E-state index contributed by atoms with van der Waals surface area (Å²) in [5.74, 6) is -1.21. The number of amidine groups is 1. The van der Waals surface area contributed by atoms with Crippen molar-refractivity contribution in [1.82, 2.24) is 10.5 Å². The number of hydrogen-bond donors (Lipinski definition) is 5. The number of carboxylic acids is 1. The molecule has 0 unspecified atom stereocenters. The number of nitrogens with two attached hydrogens (primary N) is 2. The van der Waals surface area contributed by atoms with Crippen LogP contribution >= 0.6 is 0 Å². The number of carbonyl (C=O) groups excluding carboxylic acids is 2. The Labute approximate surface area is 160 Å². The van der Waals surface area contributed by atoms with Crippen LogP contribution in [0.25, 0.3) is 0 Å². The first kappa shape index (κ1) is 22.2. The Hall–Kier alpha value is -3.89. The second-order valence-corrected chi connectivity index (χ2v) is 5.52. The summed E-state index contributed by atoms with van der Waals surface area (Å²) in [5.41, 5.74) is 11.7. The molecule has 0 aliphatic heterocycles. The number of benzene rings is 1. The van der Waals surface area contributed by atoms with Crippen LogP contribution in [0.2, 0.25) is 0 Å². The van der Waals surface area contributed by atoms with Crippen molar-refractivity contribution < 1.29 is 28.8 Å². The van der Waals surface area contributed by atoms with Crippen LogP contribution in [0.3, 0.4) is 0 Å². The number of amides is 2. The third-order valence-electron chi connectivity index (χ3n) is 3.05. The minimum atomic E-state index is -0.833. The van der Waals surface area contributed by atoms with Crippen LogP contribution in [-0.2, 0) is 16.1 Å². The van der Waals surface area contributed by atoms with Gasteiger partial charge in [0.1, 0.15) is 17.3 Å². The summed E-state index contributed by atoms with van der Waals surface area (Å²) < 4.78 is 10.2. The Balaban J connectivity index is 0.000000892. The molecule has 2 rings (SSSR count). The number of ether oxygens (including phenoxy) is 1. The Morgan fingerprint density at radius 3 is 2.43 bits per heavy atom. The molecule has 1 aromatic carbocycles. The summed E-state index contributed by atoms with van der Waals surface area (Å²) in [7, 11) is 0. The molecular weight excluding hydrogens is 370 g/mol. The molecule has 1 heterocycles. The van der Waals surface area contributed by atoms with Crippen molar-refractivity contribution in [3.05, 3.63) is 46.8 Å². The lowest BCUT2D eigenvalue weighted by Crippen LogP contribution is -2.25. The number of nitrogens with one attached hydrogen (secondary N) is 2. The maximum Gasteiger partial charge on any atom is 0.300 e. The molecule has 0 atom stereocenters. The highest BCUT2D eigenvalue weighted by Gasteiger charge is 2.13. The van der Waals surface area contributed by atoms with E-state index in [9.17, 15) is 9.59 Å². The fourth-order valence-electron chi connectivity index (χ4n) is 1.89. The fourth-order valence-corrected chi connectivity index (χ4v) is 1.89. The molecule has 0 saturated carbocycles. The van der Waals surface area contributed by atoms with E-state index in [2.05, 4.69) is 10.5 Å². The Morgan fingerprint density at radius 1 is 1.29 bits per heavy atom. The minimum Gasteiger partial charge on any atom is -0.483 e. The summed E-state index contributed by atoms with van der Waals surface area (Å²) >= 11 is 0.